The summed E-state index contributed by atoms with van der Waals surface area (Å²) < 4.78 is 8.28. The van der Waals surface area contributed by atoms with Crippen LogP contribution in [0.5, 0.6) is 5.75 Å². The Hall–Kier alpha value is -2.66. The molecule has 0 radical (unpaired) electrons. The number of nitrogens with zero attached hydrogens (tertiary/aromatic N) is 2. The topological polar surface area (TPSA) is 43.6 Å². The van der Waals surface area contributed by atoms with Crippen LogP contribution in [-0.2, 0) is 6.54 Å². The Labute approximate surface area is 144 Å². The molecule has 4 nitrogen and oxygen atoms in total. The van der Waals surface area contributed by atoms with Gasteiger partial charge in [0.15, 0.2) is 4.80 Å². The van der Waals surface area contributed by atoms with Gasteiger partial charge in [0.1, 0.15) is 5.75 Å². The lowest BCUT2D eigenvalue weighted by atomic mass is 10.1. The number of fused-ring (bicyclic) bond motifs is 1. The van der Waals surface area contributed by atoms with Crippen molar-refractivity contribution in [1.29, 1.82) is 0 Å². The molecule has 122 valence electrons. The molecule has 2 aromatic carbocycles. The number of allylic oxidation sites excluding steroid dienone is 1. The van der Waals surface area contributed by atoms with Gasteiger partial charge in [-0.15, -0.1) is 6.58 Å². The van der Waals surface area contributed by atoms with E-state index in [4.69, 9.17) is 4.74 Å². The first-order valence-corrected chi connectivity index (χ1v) is 8.38. The summed E-state index contributed by atoms with van der Waals surface area (Å²) in [6.07, 6.45) is 1.80. The first-order valence-electron chi connectivity index (χ1n) is 7.56. The minimum atomic E-state index is -0.241. The number of carbonyl (C=O) groups is 1. The number of rotatable bonds is 4. The molecule has 0 aliphatic rings. The minimum Gasteiger partial charge on any atom is -0.497 e. The number of carbonyl (C=O) groups excluding carboxylic acids is 1. The number of aromatic nitrogens is 1. The molecule has 24 heavy (non-hydrogen) atoms. The molecular formula is C19H18N2O2S. The summed E-state index contributed by atoms with van der Waals surface area (Å²) in [5.41, 5.74) is 2.64. The summed E-state index contributed by atoms with van der Waals surface area (Å²) in [4.78, 5) is 17.5. The molecule has 0 aliphatic carbocycles. The van der Waals surface area contributed by atoms with E-state index in [1.807, 2.05) is 47.9 Å². The van der Waals surface area contributed by atoms with Crippen molar-refractivity contribution in [2.75, 3.05) is 7.11 Å². The highest BCUT2D eigenvalue weighted by molar-refractivity contribution is 7.16. The Kier molecular flexibility index (Phi) is 4.62. The van der Waals surface area contributed by atoms with Crippen molar-refractivity contribution in [2.45, 2.75) is 13.5 Å². The highest BCUT2D eigenvalue weighted by Gasteiger charge is 2.09. The van der Waals surface area contributed by atoms with Gasteiger partial charge in [-0.05, 0) is 37.3 Å². The third-order valence-corrected chi connectivity index (χ3v) is 4.70. The van der Waals surface area contributed by atoms with E-state index < -0.39 is 0 Å². The normalized spacial score (nSPS) is 11.7. The fraction of sp³-hybridized carbons (Fsp3) is 0.158. The van der Waals surface area contributed by atoms with Gasteiger partial charge in [-0.3, -0.25) is 4.79 Å². The van der Waals surface area contributed by atoms with E-state index >= 15 is 0 Å². The molecule has 0 saturated carbocycles. The Bertz CT molecular complexity index is 982. The molecule has 3 rings (SSSR count). The predicted octanol–water partition coefficient (Wildman–Crippen LogP) is 3.95. The number of hydrogen-bond acceptors (Lipinski definition) is 3. The van der Waals surface area contributed by atoms with Crippen LogP contribution in [0.25, 0.3) is 10.2 Å². The summed E-state index contributed by atoms with van der Waals surface area (Å²) in [5.74, 6) is 0.543. The molecule has 1 heterocycles. The molecule has 0 atom stereocenters. The van der Waals surface area contributed by atoms with Gasteiger partial charge in [0.05, 0.1) is 17.3 Å². The van der Waals surface area contributed by atoms with Crippen LogP contribution in [0, 0.1) is 6.92 Å². The Morgan fingerprint density at radius 2 is 2.17 bits per heavy atom. The van der Waals surface area contributed by atoms with Gasteiger partial charge in [0.2, 0.25) is 0 Å². The smallest absolute Gasteiger partial charge is 0.279 e. The molecule has 0 bridgehead atoms. The van der Waals surface area contributed by atoms with Gasteiger partial charge in [-0.1, -0.05) is 35.1 Å². The maximum atomic E-state index is 12.5. The molecule has 1 aromatic heterocycles. The number of hydrogen-bond donors (Lipinski definition) is 0. The highest BCUT2D eigenvalue weighted by atomic mass is 32.1. The molecule has 0 saturated heterocycles. The maximum absolute atomic E-state index is 12.5. The predicted molar refractivity (Wildman–Crippen MR) is 97.6 cm³/mol. The Morgan fingerprint density at radius 3 is 2.88 bits per heavy atom. The molecule has 0 aliphatic heterocycles. The van der Waals surface area contributed by atoms with E-state index in [9.17, 15) is 4.79 Å². The molecule has 0 spiro atoms. The number of aryl methyl sites for hydroxylation is 1. The van der Waals surface area contributed by atoms with Crippen molar-refractivity contribution in [3.8, 4) is 5.75 Å². The van der Waals surface area contributed by atoms with E-state index in [0.29, 0.717) is 16.9 Å². The minimum absolute atomic E-state index is 0.241. The summed E-state index contributed by atoms with van der Waals surface area (Å²) in [7, 11) is 1.64. The standard InChI is InChI=1S/C19H18N2O2S/c1-4-10-21-16-9-8-15(23-3)12-17(16)24-19(21)20-18(22)14-7-5-6-13(2)11-14/h4-9,11-12H,1,10H2,2-3H3. The molecule has 3 aromatic rings. The second kappa shape index (κ2) is 6.84. The fourth-order valence-corrected chi connectivity index (χ4v) is 3.57. The van der Waals surface area contributed by atoms with Crippen molar-refractivity contribution in [1.82, 2.24) is 4.57 Å². The summed E-state index contributed by atoms with van der Waals surface area (Å²) >= 11 is 1.47. The Balaban J connectivity index is 2.14. The van der Waals surface area contributed by atoms with Gasteiger partial charge < -0.3 is 9.30 Å². The lowest BCUT2D eigenvalue weighted by molar-refractivity contribution is 0.0998. The van der Waals surface area contributed by atoms with Gasteiger partial charge in [-0.25, -0.2) is 0 Å². The number of methoxy groups -OCH3 is 1. The zero-order chi connectivity index (χ0) is 17.1. The number of ether oxygens (including phenoxy) is 1. The van der Waals surface area contributed by atoms with E-state index in [0.717, 1.165) is 21.5 Å². The average molecular weight is 338 g/mol. The molecule has 0 N–H and O–H groups in total. The second-order valence-electron chi connectivity index (χ2n) is 5.40. The highest BCUT2D eigenvalue weighted by Crippen LogP contribution is 2.23. The summed E-state index contributed by atoms with van der Waals surface area (Å²) in [5, 5.41) is 0. The quantitative estimate of drug-likeness (QED) is 0.676. The van der Waals surface area contributed by atoms with Gasteiger partial charge in [0, 0.05) is 12.1 Å². The first kappa shape index (κ1) is 16.2. The number of thiazole rings is 1. The molecule has 5 heteroatoms. The largest absolute Gasteiger partial charge is 0.497 e. The van der Waals surface area contributed by atoms with Crippen molar-refractivity contribution in [2.24, 2.45) is 4.99 Å². The maximum Gasteiger partial charge on any atom is 0.279 e. The van der Waals surface area contributed by atoms with Crippen LogP contribution in [0.2, 0.25) is 0 Å². The second-order valence-corrected chi connectivity index (χ2v) is 6.41. The zero-order valence-corrected chi connectivity index (χ0v) is 14.5. The van der Waals surface area contributed by atoms with Crippen LogP contribution in [0.15, 0.2) is 60.1 Å². The number of benzene rings is 2. The van der Waals surface area contributed by atoms with Crippen molar-refractivity contribution in [3.63, 3.8) is 0 Å². The monoisotopic (exact) mass is 338 g/mol. The van der Waals surface area contributed by atoms with Crippen LogP contribution in [0.3, 0.4) is 0 Å². The third-order valence-electron chi connectivity index (χ3n) is 3.66. The lowest BCUT2D eigenvalue weighted by Crippen LogP contribution is -2.16. The van der Waals surface area contributed by atoms with Crippen molar-refractivity contribution in [3.05, 3.63) is 71.0 Å². The average Bonchev–Trinajstić information content (AvgIpc) is 2.91. The lowest BCUT2D eigenvalue weighted by Gasteiger charge is -2.02. The van der Waals surface area contributed by atoms with Crippen molar-refractivity contribution < 1.29 is 9.53 Å². The van der Waals surface area contributed by atoms with Crippen LogP contribution in [0.4, 0.5) is 0 Å². The summed E-state index contributed by atoms with van der Waals surface area (Å²) in [6.45, 7) is 6.35. The zero-order valence-electron chi connectivity index (χ0n) is 13.7. The van der Waals surface area contributed by atoms with Crippen molar-refractivity contribution >= 4 is 27.5 Å². The fourth-order valence-electron chi connectivity index (χ4n) is 2.50. The number of amides is 1. The van der Waals surface area contributed by atoms with Crippen LogP contribution in [0.1, 0.15) is 15.9 Å². The first-order chi connectivity index (χ1) is 11.6. The van der Waals surface area contributed by atoms with E-state index in [-0.39, 0.29) is 5.91 Å². The SMILES string of the molecule is C=CCn1c(=NC(=O)c2cccc(C)c2)sc2cc(OC)ccc21. The molecule has 0 unspecified atom stereocenters. The van der Waals surface area contributed by atoms with E-state index in [2.05, 4.69) is 11.6 Å². The molecule has 0 fully saturated rings. The van der Waals surface area contributed by atoms with Crippen LogP contribution >= 0.6 is 11.3 Å². The van der Waals surface area contributed by atoms with Crippen LogP contribution < -0.4 is 9.54 Å². The van der Waals surface area contributed by atoms with Gasteiger partial charge in [-0.2, -0.15) is 4.99 Å². The van der Waals surface area contributed by atoms with Gasteiger partial charge >= 0.3 is 0 Å². The summed E-state index contributed by atoms with van der Waals surface area (Å²) in [6, 6.07) is 13.3. The van der Waals surface area contributed by atoms with E-state index in [1.54, 1.807) is 19.3 Å². The molecular weight excluding hydrogens is 320 g/mol. The Morgan fingerprint density at radius 1 is 1.33 bits per heavy atom. The van der Waals surface area contributed by atoms with Crippen LogP contribution in [-0.4, -0.2) is 17.6 Å². The van der Waals surface area contributed by atoms with E-state index in [1.165, 1.54) is 11.3 Å². The van der Waals surface area contributed by atoms with Gasteiger partial charge in [0.25, 0.3) is 5.91 Å². The molecule has 1 amide bonds. The third kappa shape index (κ3) is 3.16.